The van der Waals surface area contributed by atoms with Crippen LogP contribution >= 0.6 is 35.0 Å². The fourth-order valence-electron chi connectivity index (χ4n) is 2.71. The number of thioether (sulfide) groups is 1. The molecule has 0 bridgehead atoms. The third-order valence-electron chi connectivity index (χ3n) is 4.38. The van der Waals surface area contributed by atoms with E-state index >= 15 is 0 Å². The van der Waals surface area contributed by atoms with Crippen molar-refractivity contribution in [2.45, 2.75) is 30.7 Å². The monoisotopic (exact) mass is 474 g/mol. The number of sulfonamides is 1. The van der Waals surface area contributed by atoms with Gasteiger partial charge in [0.05, 0.1) is 14.9 Å². The Kier molecular flexibility index (Phi) is 9.30. The Morgan fingerprint density at radius 3 is 2.52 bits per heavy atom. The molecule has 9 heteroatoms. The van der Waals surface area contributed by atoms with E-state index in [-0.39, 0.29) is 20.8 Å². The van der Waals surface area contributed by atoms with Crippen LogP contribution in [0, 0.1) is 6.92 Å². The molecule has 0 fully saturated rings. The molecule has 29 heavy (non-hydrogen) atoms. The maximum atomic E-state index is 12.7. The second-order valence-corrected chi connectivity index (χ2v) is 10.0. The highest BCUT2D eigenvalue weighted by Crippen LogP contribution is 2.25. The molecule has 5 nitrogen and oxygen atoms in total. The Bertz CT molecular complexity index is 952. The number of halogens is 2. The number of carbonyl (C=O) groups excluding carboxylic acids is 1. The van der Waals surface area contributed by atoms with Crippen LogP contribution in [0.2, 0.25) is 10.0 Å². The van der Waals surface area contributed by atoms with Gasteiger partial charge in [-0.25, -0.2) is 8.42 Å². The van der Waals surface area contributed by atoms with Crippen molar-refractivity contribution in [1.29, 1.82) is 0 Å². The number of aryl methyl sites for hydroxylation is 1. The Hall–Kier alpha value is -1.25. The third-order valence-corrected chi connectivity index (χ3v) is 7.23. The molecule has 2 rings (SSSR count). The molecule has 0 spiro atoms. The van der Waals surface area contributed by atoms with Crippen molar-refractivity contribution in [3.8, 4) is 0 Å². The van der Waals surface area contributed by atoms with Crippen LogP contribution in [-0.2, 0) is 21.2 Å². The van der Waals surface area contributed by atoms with Gasteiger partial charge >= 0.3 is 0 Å². The van der Waals surface area contributed by atoms with Gasteiger partial charge in [0.15, 0.2) is 0 Å². The molecule has 2 N–H and O–H groups in total. The van der Waals surface area contributed by atoms with Crippen molar-refractivity contribution < 1.29 is 13.2 Å². The van der Waals surface area contributed by atoms with E-state index in [0.717, 1.165) is 11.1 Å². The van der Waals surface area contributed by atoms with Crippen molar-refractivity contribution in [3.05, 3.63) is 63.6 Å². The smallest absolute Gasteiger partial charge is 0.241 e. The lowest BCUT2D eigenvalue weighted by Crippen LogP contribution is -2.47. The molecule has 0 radical (unpaired) electrons. The van der Waals surface area contributed by atoms with Crippen molar-refractivity contribution in [3.63, 3.8) is 0 Å². The summed E-state index contributed by atoms with van der Waals surface area (Å²) < 4.78 is 27.9. The van der Waals surface area contributed by atoms with Crippen LogP contribution in [0.3, 0.4) is 0 Å². The second kappa shape index (κ2) is 11.2. The third kappa shape index (κ3) is 7.19. The second-order valence-electron chi connectivity index (χ2n) is 6.50. The van der Waals surface area contributed by atoms with Gasteiger partial charge in [0.2, 0.25) is 15.9 Å². The number of rotatable bonds is 10. The zero-order valence-electron chi connectivity index (χ0n) is 16.2. The van der Waals surface area contributed by atoms with Crippen LogP contribution in [0.5, 0.6) is 0 Å². The summed E-state index contributed by atoms with van der Waals surface area (Å²) in [5.41, 5.74) is 2.30. The summed E-state index contributed by atoms with van der Waals surface area (Å²) in [5.74, 6) is 0.288. The molecule has 1 atom stereocenters. The van der Waals surface area contributed by atoms with Crippen molar-refractivity contribution in [2.75, 3.05) is 18.6 Å². The maximum Gasteiger partial charge on any atom is 0.241 e. The molecule has 158 valence electrons. The number of hydrogen-bond acceptors (Lipinski definition) is 4. The normalized spacial score (nSPS) is 12.6. The highest BCUT2D eigenvalue weighted by molar-refractivity contribution is 7.98. The van der Waals surface area contributed by atoms with E-state index in [1.165, 1.54) is 18.2 Å². The summed E-state index contributed by atoms with van der Waals surface area (Å²) in [7, 11) is -3.92. The summed E-state index contributed by atoms with van der Waals surface area (Å²) in [4.78, 5) is 12.6. The van der Waals surface area contributed by atoms with Crippen LogP contribution in [0.15, 0.2) is 47.4 Å². The first-order valence-electron chi connectivity index (χ1n) is 9.03. The average Bonchev–Trinajstić information content (AvgIpc) is 2.68. The molecule has 0 saturated carbocycles. The van der Waals surface area contributed by atoms with Gasteiger partial charge in [0, 0.05) is 6.54 Å². The first kappa shape index (κ1) is 24.0. The number of hydrogen-bond donors (Lipinski definition) is 2. The highest BCUT2D eigenvalue weighted by atomic mass is 35.5. The summed E-state index contributed by atoms with van der Waals surface area (Å²) >= 11 is 13.3. The molecule has 1 amide bonds. The van der Waals surface area contributed by atoms with E-state index in [9.17, 15) is 13.2 Å². The topological polar surface area (TPSA) is 75.3 Å². The predicted octanol–water partition coefficient (Wildman–Crippen LogP) is 4.06. The molecule has 0 aliphatic heterocycles. The van der Waals surface area contributed by atoms with E-state index in [2.05, 4.69) is 10.0 Å². The number of nitrogens with one attached hydrogen (secondary N) is 2. The molecule has 0 saturated heterocycles. The van der Waals surface area contributed by atoms with E-state index < -0.39 is 16.1 Å². The van der Waals surface area contributed by atoms with Crippen LogP contribution in [0.25, 0.3) is 0 Å². The zero-order chi connectivity index (χ0) is 21.4. The van der Waals surface area contributed by atoms with Gasteiger partial charge in [0.25, 0.3) is 0 Å². The molecule has 2 aromatic rings. The Labute approximate surface area is 186 Å². The van der Waals surface area contributed by atoms with Gasteiger partial charge in [-0.1, -0.05) is 47.5 Å². The van der Waals surface area contributed by atoms with E-state index in [4.69, 9.17) is 23.2 Å². The van der Waals surface area contributed by atoms with Gasteiger partial charge in [-0.15, -0.1) is 0 Å². The van der Waals surface area contributed by atoms with Crippen LogP contribution in [0.4, 0.5) is 0 Å². The van der Waals surface area contributed by atoms with E-state index in [1.54, 1.807) is 11.8 Å². The highest BCUT2D eigenvalue weighted by Gasteiger charge is 2.25. The van der Waals surface area contributed by atoms with Gasteiger partial charge in [-0.2, -0.15) is 16.5 Å². The van der Waals surface area contributed by atoms with Gasteiger partial charge < -0.3 is 5.32 Å². The minimum Gasteiger partial charge on any atom is -0.354 e. The van der Waals surface area contributed by atoms with Crippen molar-refractivity contribution >= 4 is 50.9 Å². The first-order chi connectivity index (χ1) is 13.7. The summed E-state index contributed by atoms with van der Waals surface area (Å²) in [6, 6.07) is 11.1. The Morgan fingerprint density at radius 1 is 1.14 bits per heavy atom. The zero-order valence-corrected chi connectivity index (χ0v) is 19.4. The van der Waals surface area contributed by atoms with Gasteiger partial charge in [0.1, 0.15) is 6.04 Å². The standard InChI is InChI=1S/C20H24Cl2N2O3S2/c1-14-5-3-4-6-15(14)9-11-23-20(25)19(10-12-28-2)24-29(26,27)16-7-8-17(21)18(22)13-16/h3-8,13,19,24H,9-12H2,1-2H3,(H,23,25)/t19-/m1/s1. The summed E-state index contributed by atoms with van der Waals surface area (Å²) in [5, 5.41) is 3.24. The number of amides is 1. The Balaban J connectivity index is 2.06. The fraction of sp³-hybridized carbons (Fsp3) is 0.350. The quantitative estimate of drug-likeness (QED) is 0.544. The SMILES string of the molecule is CSCC[C@@H](NS(=O)(=O)c1ccc(Cl)c(Cl)c1)C(=O)NCCc1ccccc1C. The number of carbonyl (C=O) groups is 1. The molecular formula is C20H24Cl2N2O3S2. The lowest BCUT2D eigenvalue weighted by atomic mass is 10.1. The fourth-order valence-corrected chi connectivity index (χ4v) is 4.80. The first-order valence-corrected chi connectivity index (χ1v) is 12.7. The lowest BCUT2D eigenvalue weighted by molar-refractivity contribution is -0.122. The van der Waals surface area contributed by atoms with Crippen LogP contribution in [0.1, 0.15) is 17.5 Å². The Morgan fingerprint density at radius 2 is 1.86 bits per heavy atom. The van der Waals surface area contributed by atoms with Gasteiger partial charge in [-0.3, -0.25) is 4.79 Å². The molecule has 0 aromatic heterocycles. The molecule has 0 aliphatic rings. The van der Waals surface area contributed by atoms with Crippen molar-refractivity contribution in [1.82, 2.24) is 10.0 Å². The van der Waals surface area contributed by atoms with Crippen molar-refractivity contribution in [2.24, 2.45) is 0 Å². The molecule has 0 unspecified atom stereocenters. The minimum atomic E-state index is -3.92. The largest absolute Gasteiger partial charge is 0.354 e. The molecule has 0 heterocycles. The molecule has 2 aromatic carbocycles. The van der Waals surface area contributed by atoms with E-state index in [1.807, 2.05) is 37.4 Å². The predicted molar refractivity (Wildman–Crippen MR) is 121 cm³/mol. The van der Waals surface area contributed by atoms with Gasteiger partial charge in [-0.05, 0) is 61.1 Å². The average molecular weight is 475 g/mol. The lowest BCUT2D eigenvalue weighted by Gasteiger charge is -2.18. The summed E-state index contributed by atoms with van der Waals surface area (Å²) in [6.07, 6.45) is 2.95. The summed E-state index contributed by atoms with van der Waals surface area (Å²) in [6.45, 7) is 2.44. The minimum absolute atomic E-state index is 0.0336. The molecule has 0 aliphatic carbocycles. The molecular weight excluding hydrogens is 451 g/mol. The van der Waals surface area contributed by atoms with E-state index in [0.29, 0.717) is 25.1 Å². The van der Waals surface area contributed by atoms with Crippen LogP contribution < -0.4 is 10.0 Å². The maximum absolute atomic E-state index is 12.7. The van der Waals surface area contributed by atoms with Crippen LogP contribution in [-0.4, -0.2) is 38.9 Å². The number of benzene rings is 2.